The number of thiophene rings is 1. The molecule has 0 spiro atoms. The Hall–Kier alpha value is -1.12. The molecule has 1 aromatic carbocycles. The minimum Gasteiger partial charge on any atom is -0.392 e. The summed E-state index contributed by atoms with van der Waals surface area (Å²) < 4.78 is 0. The molecule has 3 rings (SSSR count). The van der Waals surface area contributed by atoms with Gasteiger partial charge >= 0.3 is 0 Å². The molecule has 0 saturated heterocycles. The highest BCUT2D eigenvalue weighted by molar-refractivity contribution is 7.09. The second-order valence-corrected chi connectivity index (χ2v) is 6.13. The molecule has 0 amide bonds. The van der Waals surface area contributed by atoms with Gasteiger partial charge in [-0.2, -0.15) is 0 Å². The fourth-order valence-electron chi connectivity index (χ4n) is 2.76. The highest BCUT2D eigenvalue weighted by atomic mass is 32.1. The maximum Gasteiger partial charge on any atom is 0.0628 e. The van der Waals surface area contributed by atoms with Crippen molar-refractivity contribution in [2.45, 2.75) is 38.2 Å². The SMILES string of the molecule is OC(Cc1ccc2c(c1)CCC2)Cc1cccs1. The van der Waals surface area contributed by atoms with Crippen LogP contribution in [0, 0.1) is 0 Å². The van der Waals surface area contributed by atoms with E-state index in [0.717, 1.165) is 12.8 Å². The summed E-state index contributed by atoms with van der Waals surface area (Å²) in [5, 5.41) is 12.2. The van der Waals surface area contributed by atoms with Crippen molar-refractivity contribution in [3.8, 4) is 0 Å². The van der Waals surface area contributed by atoms with E-state index in [9.17, 15) is 5.11 Å². The zero-order valence-corrected chi connectivity index (χ0v) is 11.2. The molecule has 1 heterocycles. The van der Waals surface area contributed by atoms with Gasteiger partial charge in [-0.05, 0) is 53.8 Å². The number of aryl methyl sites for hydroxylation is 2. The lowest BCUT2D eigenvalue weighted by atomic mass is 10.0. The first-order chi connectivity index (χ1) is 8.81. The van der Waals surface area contributed by atoms with Gasteiger partial charge in [0.1, 0.15) is 0 Å². The van der Waals surface area contributed by atoms with Crippen molar-refractivity contribution in [1.29, 1.82) is 0 Å². The number of hydrogen-bond donors (Lipinski definition) is 1. The molecule has 0 radical (unpaired) electrons. The van der Waals surface area contributed by atoms with Crippen LogP contribution in [0.4, 0.5) is 0 Å². The summed E-state index contributed by atoms with van der Waals surface area (Å²) in [6.07, 6.45) is 5.01. The Kier molecular flexibility index (Phi) is 3.48. The zero-order chi connectivity index (χ0) is 12.4. The number of aliphatic hydroxyl groups is 1. The molecule has 2 aromatic rings. The third-order valence-electron chi connectivity index (χ3n) is 3.65. The Morgan fingerprint density at radius 2 is 2.00 bits per heavy atom. The lowest BCUT2D eigenvalue weighted by molar-refractivity contribution is 0.176. The predicted octanol–water partition coefficient (Wildman–Crippen LogP) is 3.38. The van der Waals surface area contributed by atoms with E-state index in [0.29, 0.717) is 0 Å². The van der Waals surface area contributed by atoms with Gasteiger partial charge in [-0.15, -0.1) is 11.3 Å². The van der Waals surface area contributed by atoms with Gasteiger partial charge in [-0.25, -0.2) is 0 Å². The molecule has 2 heteroatoms. The maximum absolute atomic E-state index is 10.1. The molecular formula is C16H18OS. The number of hydrogen-bond acceptors (Lipinski definition) is 2. The molecule has 1 aliphatic carbocycles. The summed E-state index contributed by atoms with van der Waals surface area (Å²) >= 11 is 1.72. The Morgan fingerprint density at radius 3 is 2.83 bits per heavy atom. The summed E-state index contributed by atoms with van der Waals surface area (Å²) in [4.78, 5) is 1.27. The van der Waals surface area contributed by atoms with Crippen molar-refractivity contribution in [2.75, 3.05) is 0 Å². The molecule has 18 heavy (non-hydrogen) atoms. The molecule has 1 unspecified atom stereocenters. The van der Waals surface area contributed by atoms with Crippen LogP contribution in [0.2, 0.25) is 0 Å². The van der Waals surface area contributed by atoms with Gasteiger partial charge in [0.2, 0.25) is 0 Å². The van der Waals surface area contributed by atoms with Gasteiger partial charge in [0, 0.05) is 11.3 Å². The first-order valence-electron chi connectivity index (χ1n) is 6.62. The van der Waals surface area contributed by atoms with Gasteiger partial charge < -0.3 is 5.11 Å². The largest absolute Gasteiger partial charge is 0.392 e. The van der Waals surface area contributed by atoms with Crippen molar-refractivity contribution in [3.63, 3.8) is 0 Å². The monoisotopic (exact) mass is 258 g/mol. The van der Waals surface area contributed by atoms with E-state index in [2.05, 4.69) is 29.6 Å². The van der Waals surface area contributed by atoms with Gasteiger partial charge in [0.15, 0.2) is 0 Å². The first-order valence-corrected chi connectivity index (χ1v) is 7.50. The van der Waals surface area contributed by atoms with Crippen LogP contribution in [-0.4, -0.2) is 11.2 Å². The molecule has 1 atom stereocenters. The standard InChI is InChI=1S/C16H18OS/c17-15(11-16-5-2-8-18-16)10-12-6-7-13-3-1-4-14(13)9-12/h2,5-9,15,17H,1,3-4,10-11H2. The van der Waals surface area contributed by atoms with Crippen molar-refractivity contribution in [2.24, 2.45) is 0 Å². The normalized spacial score (nSPS) is 15.6. The average molecular weight is 258 g/mol. The van der Waals surface area contributed by atoms with E-state index in [1.807, 2.05) is 6.07 Å². The third kappa shape index (κ3) is 2.65. The van der Waals surface area contributed by atoms with Crippen molar-refractivity contribution in [1.82, 2.24) is 0 Å². The van der Waals surface area contributed by atoms with E-state index in [-0.39, 0.29) is 6.10 Å². The van der Waals surface area contributed by atoms with Gasteiger partial charge in [0.05, 0.1) is 6.10 Å². The van der Waals surface area contributed by atoms with Crippen molar-refractivity contribution >= 4 is 11.3 Å². The van der Waals surface area contributed by atoms with Crippen LogP contribution in [0.15, 0.2) is 35.7 Å². The number of fused-ring (bicyclic) bond motifs is 1. The molecule has 0 aliphatic heterocycles. The van der Waals surface area contributed by atoms with Gasteiger partial charge in [-0.1, -0.05) is 24.3 Å². The lowest BCUT2D eigenvalue weighted by Crippen LogP contribution is -2.13. The third-order valence-corrected chi connectivity index (χ3v) is 4.55. The average Bonchev–Trinajstić information content (AvgIpc) is 2.98. The zero-order valence-electron chi connectivity index (χ0n) is 10.4. The van der Waals surface area contributed by atoms with Crippen LogP contribution in [0.5, 0.6) is 0 Å². The topological polar surface area (TPSA) is 20.2 Å². The molecule has 1 N–H and O–H groups in total. The Balaban J connectivity index is 1.65. The summed E-state index contributed by atoms with van der Waals surface area (Å²) in [5.41, 5.74) is 4.28. The number of rotatable bonds is 4. The van der Waals surface area contributed by atoms with Crippen LogP contribution in [-0.2, 0) is 25.7 Å². The van der Waals surface area contributed by atoms with E-state index < -0.39 is 0 Å². The fraction of sp³-hybridized carbons (Fsp3) is 0.375. The number of aliphatic hydroxyl groups excluding tert-OH is 1. The van der Waals surface area contributed by atoms with E-state index in [1.54, 1.807) is 11.3 Å². The Bertz CT molecular complexity index is 516. The first kappa shape index (κ1) is 11.9. The van der Waals surface area contributed by atoms with Crippen LogP contribution in [0.25, 0.3) is 0 Å². The molecule has 0 bridgehead atoms. The minimum atomic E-state index is -0.261. The molecular weight excluding hydrogens is 240 g/mol. The maximum atomic E-state index is 10.1. The van der Waals surface area contributed by atoms with E-state index in [1.165, 1.54) is 40.8 Å². The quantitative estimate of drug-likeness (QED) is 0.891. The van der Waals surface area contributed by atoms with Crippen LogP contribution in [0.3, 0.4) is 0 Å². The predicted molar refractivity (Wildman–Crippen MR) is 76.2 cm³/mol. The van der Waals surface area contributed by atoms with Gasteiger partial charge in [-0.3, -0.25) is 0 Å². The molecule has 1 aliphatic rings. The summed E-state index contributed by atoms with van der Waals surface area (Å²) in [6, 6.07) is 10.9. The van der Waals surface area contributed by atoms with Crippen LogP contribution in [0.1, 0.15) is 28.0 Å². The van der Waals surface area contributed by atoms with Crippen LogP contribution >= 0.6 is 11.3 Å². The van der Waals surface area contributed by atoms with Gasteiger partial charge in [0.25, 0.3) is 0 Å². The van der Waals surface area contributed by atoms with E-state index in [4.69, 9.17) is 0 Å². The smallest absolute Gasteiger partial charge is 0.0628 e. The van der Waals surface area contributed by atoms with E-state index >= 15 is 0 Å². The molecule has 1 nitrogen and oxygen atoms in total. The molecule has 0 saturated carbocycles. The molecule has 0 fully saturated rings. The Labute approximate surface area is 112 Å². The highest BCUT2D eigenvalue weighted by Crippen LogP contribution is 2.23. The fourth-order valence-corrected chi connectivity index (χ4v) is 3.54. The highest BCUT2D eigenvalue weighted by Gasteiger charge is 2.13. The summed E-state index contributed by atoms with van der Waals surface area (Å²) in [7, 11) is 0. The summed E-state index contributed by atoms with van der Waals surface area (Å²) in [5.74, 6) is 0. The second-order valence-electron chi connectivity index (χ2n) is 5.10. The van der Waals surface area contributed by atoms with Crippen molar-refractivity contribution in [3.05, 3.63) is 57.3 Å². The number of benzene rings is 1. The molecule has 1 aromatic heterocycles. The molecule has 94 valence electrons. The summed E-state index contributed by atoms with van der Waals surface area (Å²) in [6.45, 7) is 0. The minimum absolute atomic E-state index is 0.261. The Morgan fingerprint density at radius 1 is 1.11 bits per heavy atom. The second kappa shape index (κ2) is 5.25. The van der Waals surface area contributed by atoms with Crippen LogP contribution < -0.4 is 0 Å². The van der Waals surface area contributed by atoms with Crippen molar-refractivity contribution < 1.29 is 5.11 Å². The lowest BCUT2D eigenvalue weighted by Gasteiger charge is -2.10.